The van der Waals surface area contributed by atoms with Crippen LogP contribution in [0.1, 0.15) is 60.6 Å². The predicted molar refractivity (Wildman–Crippen MR) is 109 cm³/mol. The highest BCUT2D eigenvalue weighted by Crippen LogP contribution is 2.29. The van der Waals surface area contributed by atoms with E-state index in [1.54, 1.807) is 0 Å². The molecule has 1 amide bonds. The van der Waals surface area contributed by atoms with Gasteiger partial charge in [0.1, 0.15) is 5.82 Å². The predicted octanol–water partition coefficient (Wildman–Crippen LogP) is 4.05. The fraction of sp³-hybridized carbons (Fsp3) is 0.409. The minimum absolute atomic E-state index is 0.0188. The molecule has 2 heterocycles. The number of carbonyl (C=O) groups is 1. The van der Waals surface area contributed by atoms with Crippen LogP contribution in [0.15, 0.2) is 42.6 Å². The second-order valence-corrected chi connectivity index (χ2v) is 7.90. The zero-order valence-corrected chi connectivity index (χ0v) is 15.9. The first-order chi connectivity index (χ1) is 13.8. The molecule has 0 atom stereocenters. The van der Waals surface area contributed by atoms with Crippen molar-refractivity contribution in [3.8, 4) is 0 Å². The van der Waals surface area contributed by atoms with Gasteiger partial charge in [0, 0.05) is 17.6 Å². The summed E-state index contributed by atoms with van der Waals surface area (Å²) in [5, 5.41) is 12.0. The summed E-state index contributed by atoms with van der Waals surface area (Å²) in [6, 6.07) is 12.6. The van der Waals surface area contributed by atoms with Gasteiger partial charge in [0.15, 0.2) is 0 Å². The second-order valence-electron chi connectivity index (χ2n) is 7.90. The Morgan fingerprint density at radius 1 is 1.11 bits per heavy atom. The van der Waals surface area contributed by atoms with Crippen LogP contribution in [0.5, 0.6) is 0 Å². The third kappa shape index (κ3) is 3.59. The lowest BCUT2D eigenvalue weighted by Crippen LogP contribution is -2.25. The molecular formula is C22H25N5O. The molecular weight excluding hydrogens is 350 g/mol. The molecule has 1 aromatic carbocycles. The Bertz CT molecular complexity index is 1000. The van der Waals surface area contributed by atoms with Gasteiger partial charge in [0.05, 0.1) is 29.4 Å². The Hall–Kier alpha value is -2.89. The van der Waals surface area contributed by atoms with Crippen molar-refractivity contribution in [3.05, 3.63) is 53.9 Å². The van der Waals surface area contributed by atoms with Crippen LogP contribution in [0.3, 0.4) is 0 Å². The van der Waals surface area contributed by atoms with Crippen LogP contribution in [-0.4, -0.2) is 26.7 Å². The first-order valence-electron chi connectivity index (χ1n) is 10.2. The Kier molecular flexibility index (Phi) is 4.47. The molecule has 28 heavy (non-hydrogen) atoms. The van der Waals surface area contributed by atoms with Crippen LogP contribution in [0, 0.1) is 0 Å². The van der Waals surface area contributed by atoms with Crippen LogP contribution in [0.25, 0.3) is 10.9 Å². The van der Waals surface area contributed by atoms with E-state index in [1.165, 1.54) is 25.7 Å². The molecule has 2 aliphatic carbocycles. The van der Waals surface area contributed by atoms with Crippen molar-refractivity contribution < 1.29 is 4.79 Å². The molecule has 2 aliphatic rings. The minimum Gasteiger partial charge on any atom is -0.364 e. The Labute approximate surface area is 164 Å². The number of fused-ring (bicyclic) bond motifs is 1. The number of hydrogen-bond donors (Lipinski definition) is 2. The average molecular weight is 375 g/mol. The molecule has 144 valence electrons. The van der Waals surface area contributed by atoms with Crippen molar-refractivity contribution in [1.82, 2.24) is 20.1 Å². The first-order valence-corrected chi connectivity index (χ1v) is 10.2. The summed E-state index contributed by atoms with van der Waals surface area (Å²) in [4.78, 5) is 17.4. The average Bonchev–Trinajstić information content (AvgIpc) is 3.19. The number of carbonyl (C=O) groups excluding carboxylic acids is 1. The van der Waals surface area contributed by atoms with Crippen molar-refractivity contribution in [2.75, 3.05) is 5.32 Å². The van der Waals surface area contributed by atoms with Crippen molar-refractivity contribution in [3.63, 3.8) is 0 Å². The van der Waals surface area contributed by atoms with Crippen molar-refractivity contribution >= 4 is 22.6 Å². The van der Waals surface area contributed by atoms with E-state index < -0.39 is 0 Å². The van der Waals surface area contributed by atoms with E-state index in [-0.39, 0.29) is 5.91 Å². The van der Waals surface area contributed by atoms with Gasteiger partial charge in [-0.2, -0.15) is 5.10 Å². The number of anilines is 1. The summed E-state index contributed by atoms with van der Waals surface area (Å²) >= 11 is 0. The van der Waals surface area contributed by atoms with E-state index >= 15 is 0 Å². The molecule has 2 aromatic heterocycles. The lowest BCUT2D eigenvalue weighted by Gasteiger charge is -2.11. The van der Waals surface area contributed by atoms with Gasteiger partial charge in [-0.25, -0.2) is 4.98 Å². The summed E-state index contributed by atoms with van der Waals surface area (Å²) in [5.41, 5.74) is 2.49. The van der Waals surface area contributed by atoms with Crippen molar-refractivity contribution in [2.45, 2.75) is 57.2 Å². The molecule has 0 bridgehead atoms. The zero-order chi connectivity index (χ0) is 18.9. The number of para-hydroxylation sites is 1. The van der Waals surface area contributed by atoms with E-state index in [0.29, 0.717) is 30.0 Å². The maximum atomic E-state index is 12.7. The number of pyridine rings is 1. The van der Waals surface area contributed by atoms with Gasteiger partial charge in [0.25, 0.3) is 5.91 Å². The van der Waals surface area contributed by atoms with Crippen LogP contribution in [-0.2, 0) is 6.54 Å². The largest absolute Gasteiger partial charge is 0.364 e. The zero-order valence-electron chi connectivity index (χ0n) is 15.9. The molecule has 0 spiro atoms. The maximum absolute atomic E-state index is 12.7. The lowest BCUT2D eigenvalue weighted by atomic mass is 10.1. The van der Waals surface area contributed by atoms with E-state index in [1.807, 2.05) is 30.3 Å². The number of nitrogens with one attached hydrogen (secondary N) is 2. The van der Waals surface area contributed by atoms with Gasteiger partial charge in [-0.05, 0) is 43.9 Å². The third-order valence-electron chi connectivity index (χ3n) is 5.69. The highest BCUT2D eigenvalue weighted by molar-refractivity contribution is 6.07. The molecule has 0 saturated heterocycles. The normalized spacial score (nSPS) is 17.1. The van der Waals surface area contributed by atoms with Crippen LogP contribution in [0.4, 0.5) is 5.82 Å². The van der Waals surface area contributed by atoms with E-state index in [2.05, 4.69) is 32.6 Å². The quantitative estimate of drug-likeness (QED) is 0.682. The number of amides is 1. The standard InChI is InChI=1S/C22H25N5O/c28-22(24-15-9-10-15)19-13-21(25-20-8-4-3-7-18(19)20)23-14-16-11-12-27(26-16)17-5-1-2-6-17/h3-4,7-8,11-13,15,17H,1-2,5-6,9-10,14H2,(H,23,25)(H,24,28). The SMILES string of the molecule is O=C(NC1CC1)c1cc(NCc2ccn(C3CCCC3)n2)nc2ccccc12. The number of aromatic nitrogens is 3. The van der Waals surface area contributed by atoms with Crippen LogP contribution >= 0.6 is 0 Å². The lowest BCUT2D eigenvalue weighted by molar-refractivity contribution is 0.0952. The second kappa shape index (κ2) is 7.26. The topological polar surface area (TPSA) is 71.8 Å². The Balaban J connectivity index is 1.35. The van der Waals surface area contributed by atoms with E-state index in [0.717, 1.165) is 29.4 Å². The minimum atomic E-state index is -0.0188. The van der Waals surface area contributed by atoms with Crippen molar-refractivity contribution in [2.24, 2.45) is 0 Å². The number of nitrogens with zero attached hydrogens (tertiary/aromatic N) is 3. The summed E-state index contributed by atoms with van der Waals surface area (Å²) in [6.07, 6.45) is 9.26. The van der Waals surface area contributed by atoms with Gasteiger partial charge in [-0.15, -0.1) is 0 Å². The monoisotopic (exact) mass is 375 g/mol. The van der Waals surface area contributed by atoms with Gasteiger partial charge in [-0.3, -0.25) is 9.48 Å². The maximum Gasteiger partial charge on any atom is 0.252 e. The molecule has 2 fully saturated rings. The van der Waals surface area contributed by atoms with Gasteiger partial charge >= 0.3 is 0 Å². The van der Waals surface area contributed by atoms with E-state index in [4.69, 9.17) is 5.10 Å². The first kappa shape index (κ1) is 17.2. The molecule has 0 radical (unpaired) electrons. The molecule has 6 heteroatoms. The fourth-order valence-electron chi connectivity index (χ4n) is 3.97. The molecule has 2 N–H and O–H groups in total. The van der Waals surface area contributed by atoms with Gasteiger partial charge in [0.2, 0.25) is 0 Å². The molecule has 2 saturated carbocycles. The highest BCUT2D eigenvalue weighted by Gasteiger charge is 2.25. The van der Waals surface area contributed by atoms with Crippen LogP contribution in [0.2, 0.25) is 0 Å². The third-order valence-corrected chi connectivity index (χ3v) is 5.69. The smallest absolute Gasteiger partial charge is 0.252 e. The molecule has 0 unspecified atom stereocenters. The van der Waals surface area contributed by atoms with Gasteiger partial charge < -0.3 is 10.6 Å². The summed E-state index contributed by atoms with van der Waals surface area (Å²) in [5.74, 6) is 0.685. The molecule has 0 aliphatic heterocycles. The fourth-order valence-corrected chi connectivity index (χ4v) is 3.97. The molecule has 3 aromatic rings. The van der Waals surface area contributed by atoms with Crippen molar-refractivity contribution in [1.29, 1.82) is 0 Å². The molecule has 5 rings (SSSR count). The Morgan fingerprint density at radius 3 is 2.75 bits per heavy atom. The summed E-state index contributed by atoms with van der Waals surface area (Å²) in [6.45, 7) is 0.592. The molecule has 6 nitrogen and oxygen atoms in total. The van der Waals surface area contributed by atoms with Crippen LogP contribution < -0.4 is 10.6 Å². The number of benzene rings is 1. The summed E-state index contributed by atoms with van der Waals surface area (Å²) in [7, 11) is 0. The number of rotatable bonds is 6. The number of hydrogen-bond acceptors (Lipinski definition) is 4. The van der Waals surface area contributed by atoms with Gasteiger partial charge in [-0.1, -0.05) is 31.0 Å². The van der Waals surface area contributed by atoms with E-state index in [9.17, 15) is 4.79 Å². The Morgan fingerprint density at radius 2 is 1.93 bits per heavy atom. The summed E-state index contributed by atoms with van der Waals surface area (Å²) < 4.78 is 2.10. The highest BCUT2D eigenvalue weighted by atomic mass is 16.1.